The lowest BCUT2D eigenvalue weighted by Crippen LogP contribution is -2.52. The summed E-state index contributed by atoms with van der Waals surface area (Å²) >= 11 is 0. The normalized spacial score (nSPS) is 16.9. The summed E-state index contributed by atoms with van der Waals surface area (Å²) in [7, 11) is 1.33. The van der Waals surface area contributed by atoms with Crippen molar-refractivity contribution in [3.8, 4) is 5.69 Å². The molecular weight excluding hydrogens is 420 g/mol. The number of hydrogen-bond donors (Lipinski definition) is 0. The van der Waals surface area contributed by atoms with Gasteiger partial charge in [-0.2, -0.15) is 4.68 Å². The number of hydrogen-bond acceptors (Lipinski definition) is 6. The van der Waals surface area contributed by atoms with E-state index >= 15 is 0 Å². The summed E-state index contributed by atoms with van der Waals surface area (Å²) in [5.74, 6) is -1.60. The average molecular weight is 443 g/mol. The molecule has 2 aromatic carbocycles. The summed E-state index contributed by atoms with van der Waals surface area (Å²) in [6, 6.07) is 9.86. The average Bonchev–Trinajstić information content (AvgIpc) is 2.79. The number of ether oxygens (including phenoxy) is 2. The lowest BCUT2D eigenvalue weighted by Gasteiger charge is -2.40. The maximum atomic E-state index is 14.5. The lowest BCUT2D eigenvalue weighted by molar-refractivity contribution is -0.160. The molecule has 0 aliphatic carbocycles. The molecule has 0 N–H and O–H groups in total. The highest BCUT2D eigenvalue weighted by Gasteiger charge is 2.42. The summed E-state index contributed by atoms with van der Waals surface area (Å²) in [6.45, 7) is 4.57. The van der Waals surface area contributed by atoms with Gasteiger partial charge in [-0.1, -0.05) is 18.2 Å². The van der Waals surface area contributed by atoms with E-state index < -0.39 is 34.7 Å². The molecule has 0 radical (unpaired) electrons. The first-order valence-electron chi connectivity index (χ1n) is 10.2. The zero-order chi connectivity index (χ0) is 23.0. The minimum absolute atomic E-state index is 0.150. The van der Waals surface area contributed by atoms with E-state index in [0.717, 1.165) is 10.7 Å². The molecule has 1 aliphatic rings. The fourth-order valence-electron chi connectivity index (χ4n) is 3.90. The van der Waals surface area contributed by atoms with Crippen molar-refractivity contribution in [1.29, 1.82) is 0 Å². The number of carbonyl (C=O) groups is 1. The van der Waals surface area contributed by atoms with Crippen molar-refractivity contribution in [2.24, 2.45) is 5.41 Å². The molecule has 1 fully saturated rings. The van der Waals surface area contributed by atoms with Crippen molar-refractivity contribution in [1.82, 2.24) is 9.78 Å². The van der Waals surface area contributed by atoms with E-state index in [1.165, 1.54) is 13.2 Å². The van der Waals surface area contributed by atoms with E-state index in [0.29, 0.717) is 42.4 Å². The van der Waals surface area contributed by atoms with Crippen LogP contribution in [-0.4, -0.2) is 48.7 Å². The number of carbonyl (C=O) groups excluding carboxylic acids is 1. The van der Waals surface area contributed by atoms with Crippen molar-refractivity contribution in [2.45, 2.75) is 20.0 Å². The Morgan fingerprint density at radius 2 is 1.91 bits per heavy atom. The molecule has 1 saturated heterocycles. The van der Waals surface area contributed by atoms with E-state index in [1.54, 1.807) is 38.1 Å². The molecule has 0 bridgehead atoms. The molecule has 9 heteroatoms. The smallest absolute Gasteiger partial charge is 0.313 e. The number of morpholine rings is 1. The van der Waals surface area contributed by atoms with Crippen LogP contribution in [0.4, 0.5) is 14.6 Å². The van der Waals surface area contributed by atoms with Crippen molar-refractivity contribution in [3.05, 3.63) is 64.5 Å². The van der Waals surface area contributed by atoms with E-state index in [-0.39, 0.29) is 5.69 Å². The van der Waals surface area contributed by atoms with Gasteiger partial charge in [0.05, 0.1) is 30.6 Å². The Kier molecular flexibility index (Phi) is 5.68. The molecule has 1 unspecified atom stereocenters. The number of nitrogens with zero attached hydrogens (tertiary/aromatic N) is 3. The predicted molar refractivity (Wildman–Crippen MR) is 115 cm³/mol. The van der Waals surface area contributed by atoms with Crippen LogP contribution in [0.5, 0.6) is 0 Å². The number of esters is 1. The molecule has 0 saturated carbocycles. The topological polar surface area (TPSA) is 73.7 Å². The van der Waals surface area contributed by atoms with E-state index in [9.17, 15) is 18.4 Å². The van der Waals surface area contributed by atoms with Gasteiger partial charge in [0.1, 0.15) is 11.5 Å². The molecule has 0 amide bonds. The SMILES string of the molecule is COC(=O)C(C)(C)C1CN(c2nn(-c3ccc(F)cc3F)c(=O)c3ccccc23)CCO1. The molecule has 168 valence electrons. The molecule has 3 aromatic rings. The second-order valence-corrected chi connectivity index (χ2v) is 8.20. The quantitative estimate of drug-likeness (QED) is 0.577. The molecule has 32 heavy (non-hydrogen) atoms. The predicted octanol–water partition coefficient (Wildman–Crippen LogP) is 3.07. The molecular formula is C23H23F2N3O4. The third-order valence-electron chi connectivity index (χ3n) is 5.81. The number of methoxy groups -OCH3 is 1. The fourth-order valence-corrected chi connectivity index (χ4v) is 3.90. The Bertz CT molecular complexity index is 1240. The number of fused-ring (bicyclic) bond motifs is 1. The van der Waals surface area contributed by atoms with Gasteiger partial charge in [0.25, 0.3) is 5.56 Å². The van der Waals surface area contributed by atoms with Gasteiger partial charge < -0.3 is 14.4 Å². The lowest BCUT2D eigenvalue weighted by atomic mass is 9.85. The molecule has 2 heterocycles. The molecule has 1 aliphatic heterocycles. The Balaban J connectivity index is 1.84. The second kappa shape index (κ2) is 8.31. The number of aromatic nitrogens is 2. The zero-order valence-corrected chi connectivity index (χ0v) is 18.0. The number of anilines is 1. The highest BCUT2D eigenvalue weighted by atomic mass is 19.1. The second-order valence-electron chi connectivity index (χ2n) is 8.20. The van der Waals surface area contributed by atoms with Crippen LogP contribution in [0.25, 0.3) is 16.5 Å². The van der Waals surface area contributed by atoms with Crippen LogP contribution in [0.15, 0.2) is 47.3 Å². The number of benzene rings is 2. The van der Waals surface area contributed by atoms with Gasteiger partial charge in [-0.15, -0.1) is 5.10 Å². The van der Waals surface area contributed by atoms with Crippen molar-refractivity contribution < 1.29 is 23.0 Å². The van der Waals surface area contributed by atoms with Gasteiger partial charge in [-0.3, -0.25) is 9.59 Å². The third kappa shape index (κ3) is 3.73. The fraction of sp³-hybridized carbons (Fsp3) is 0.348. The zero-order valence-electron chi connectivity index (χ0n) is 18.0. The Morgan fingerprint density at radius 3 is 2.59 bits per heavy atom. The van der Waals surface area contributed by atoms with Crippen LogP contribution in [-0.2, 0) is 14.3 Å². The van der Waals surface area contributed by atoms with E-state index in [2.05, 4.69) is 5.10 Å². The summed E-state index contributed by atoms with van der Waals surface area (Å²) in [5, 5.41) is 5.40. The summed E-state index contributed by atoms with van der Waals surface area (Å²) < 4.78 is 39.7. The standard InChI is InChI=1S/C23H23F2N3O4/c1-23(2,22(30)31-3)19-13-27(10-11-32-19)20-15-6-4-5-7-16(15)21(29)28(26-20)18-9-8-14(24)12-17(18)25/h4-9,12,19H,10-11,13H2,1-3H3. The highest BCUT2D eigenvalue weighted by Crippen LogP contribution is 2.31. The molecule has 4 rings (SSSR count). The van der Waals surface area contributed by atoms with Gasteiger partial charge in [0.15, 0.2) is 11.6 Å². The Morgan fingerprint density at radius 1 is 1.19 bits per heavy atom. The maximum Gasteiger partial charge on any atom is 0.313 e. The molecule has 7 nitrogen and oxygen atoms in total. The number of rotatable bonds is 4. The Hall–Kier alpha value is -3.33. The van der Waals surface area contributed by atoms with Crippen molar-refractivity contribution in [3.63, 3.8) is 0 Å². The van der Waals surface area contributed by atoms with Crippen LogP contribution in [0.2, 0.25) is 0 Å². The third-order valence-corrected chi connectivity index (χ3v) is 5.81. The molecule has 0 spiro atoms. The summed E-state index contributed by atoms with van der Waals surface area (Å²) in [5.41, 5.74) is -1.58. The van der Waals surface area contributed by atoms with Crippen LogP contribution < -0.4 is 10.5 Å². The first-order valence-corrected chi connectivity index (χ1v) is 10.2. The van der Waals surface area contributed by atoms with Gasteiger partial charge in [0, 0.05) is 24.5 Å². The maximum absolute atomic E-state index is 14.5. The Labute approximate surface area is 183 Å². The minimum atomic E-state index is -0.916. The largest absolute Gasteiger partial charge is 0.469 e. The van der Waals surface area contributed by atoms with Crippen LogP contribution in [0.1, 0.15) is 13.8 Å². The van der Waals surface area contributed by atoms with Crippen molar-refractivity contribution in [2.75, 3.05) is 31.7 Å². The van der Waals surface area contributed by atoms with Gasteiger partial charge in [-0.25, -0.2) is 8.78 Å². The van der Waals surface area contributed by atoms with E-state index in [1.807, 2.05) is 4.90 Å². The van der Waals surface area contributed by atoms with E-state index in [4.69, 9.17) is 9.47 Å². The first-order chi connectivity index (χ1) is 15.2. The number of halogens is 2. The summed E-state index contributed by atoms with van der Waals surface area (Å²) in [4.78, 5) is 27.3. The minimum Gasteiger partial charge on any atom is -0.469 e. The van der Waals surface area contributed by atoms with Gasteiger partial charge >= 0.3 is 5.97 Å². The first kappa shape index (κ1) is 21.9. The van der Waals surface area contributed by atoms with Gasteiger partial charge in [0.2, 0.25) is 0 Å². The highest BCUT2D eigenvalue weighted by molar-refractivity contribution is 5.91. The van der Waals surface area contributed by atoms with Crippen molar-refractivity contribution >= 4 is 22.6 Å². The molecule has 1 atom stereocenters. The summed E-state index contributed by atoms with van der Waals surface area (Å²) in [6.07, 6.45) is -0.493. The van der Waals surface area contributed by atoms with Gasteiger partial charge in [-0.05, 0) is 32.0 Å². The van der Waals surface area contributed by atoms with Crippen LogP contribution in [0.3, 0.4) is 0 Å². The van der Waals surface area contributed by atoms with Crippen LogP contribution in [0, 0.1) is 17.0 Å². The molecule has 1 aromatic heterocycles. The van der Waals surface area contributed by atoms with Crippen LogP contribution >= 0.6 is 0 Å². The monoisotopic (exact) mass is 443 g/mol.